The molecule has 1 aliphatic heterocycles. The Balaban J connectivity index is 1.70. The van der Waals surface area contributed by atoms with Crippen molar-refractivity contribution in [2.24, 2.45) is 0 Å². The van der Waals surface area contributed by atoms with Crippen molar-refractivity contribution in [2.75, 3.05) is 32.6 Å². The molecule has 29 heavy (non-hydrogen) atoms. The fourth-order valence-corrected chi connectivity index (χ4v) is 5.50. The van der Waals surface area contributed by atoms with Crippen molar-refractivity contribution in [3.8, 4) is 5.75 Å². The summed E-state index contributed by atoms with van der Waals surface area (Å²) in [4.78, 5) is 2.53. The number of aromatic nitrogens is 1. The van der Waals surface area contributed by atoms with Crippen LogP contribution in [0.25, 0.3) is 10.9 Å². The van der Waals surface area contributed by atoms with E-state index in [0.717, 1.165) is 35.8 Å². The SMILES string of the molecule is COc1ccc(S(=O)(=O)n2ccc3cc(Br)ccc32)cc1NC1CCN(C)CC1. The lowest BCUT2D eigenvalue weighted by Gasteiger charge is -2.30. The lowest BCUT2D eigenvalue weighted by molar-refractivity contribution is 0.263. The predicted molar refractivity (Wildman–Crippen MR) is 119 cm³/mol. The fourth-order valence-electron chi connectivity index (χ4n) is 3.74. The van der Waals surface area contributed by atoms with Gasteiger partial charge in [0.2, 0.25) is 0 Å². The summed E-state index contributed by atoms with van der Waals surface area (Å²) in [6.07, 6.45) is 3.61. The number of piperidine rings is 1. The normalized spacial score (nSPS) is 16.2. The minimum absolute atomic E-state index is 0.231. The molecule has 1 aliphatic rings. The van der Waals surface area contributed by atoms with Crippen LogP contribution in [0.15, 0.2) is 58.0 Å². The molecule has 1 aromatic heterocycles. The van der Waals surface area contributed by atoms with Gasteiger partial charge in [-0.25, -0.2) is 12.4 Å². The Labute approximate surface area is 179 Å². The Morgan fingerprint density at radius 1 is 1.10 bits per heavy atom. The highest BCUT2D eigenvalue weighted by Crippen LogP contribution is 2.32. The summed E-state index contributed by atoms with van der Waals surface area (Å²) in [5.41, 5.74) is 1.36. The van der Waals surface area contributed by atoms with Gasteiger partial charge in [-0.3, -0.25) is 0 Å². The Morgan fingerprint density at radius 2 is 1.86 bits per heavy atom. The highest BCUT2D eigenvalue weighted by Gasteiger charge is 2.23. The first-order valence-electron chi connectivity index (χ1n) is 9.54. The topological polar surface area (TPSA) is 63.6 Å². The first kappa shape index (κ1) is 20.3. The molecule has 8 heteroatoms. The average molecular weight is 478 g/mol. The third-order valence-corrected chi connectivity index (χ3v) is 7.60. The first-order chi connectivity index (χ1) is 13.9. The highest BCUT2D eigenvalue weighted by atomic mass is 79.9. The molecule has 0 aliphatic carbocycles. The van der Waals surface area contributed by atoms with Crippen LogP contribution in [0, 0.1) is 0 Å². The summed E-state index contributed by atoms with van der Waals surface area (Å²) in [6, 6.07) is 12.6. The fraction of sp³-hybridized carbons (Fsp3) is 0.333. The second kappa shape index (κ2) is 8.01. The van der Waals surface area contributed by atoms with Gasteiger partial charge in [0.25, 0.3) is 10.0 Å². The summed E-state index contributed by atoms with van der Waals surface area (Å²) >= 11 is 3.43. The van der Waals surface area contributed by atoms with Crippen LogP contribution < -0.4 is 10.1 Å². The van der Waals surface area contributed by atoms with Crippen molar-refractivity contribution in [3.63, 3.8) is 0 Å². The number of anilines is 1. The summed E-state index contributed by atoms with van der Waals surface area (Å²) in [7, 11) is -0.0217. The van der Waals surface area contributed by atoms with Crippen LogP contribution in [0.5, 0.6) is 5.75 Å². The lowest BCUT2D eigenvalue weighted by atomic mass is 10.1. The number of methoxy groups -OCH3 is 1. The van der Waals surface area contributed by atoms with E-state index < -0.39 is 10.0 Å². The first-order valence-corrected chi connectivity index (χ1v) is 11.8. The quantitative estimate of drug-likeness (QED) is 0.597. The van der Waals surface area contributed by atoms with E-state index in [-0.39, 0.29) is 4.90 Å². The van der Waals surface area contributed by atoms with Gasteiger partial charge in [0.15, 0.2) is 0 Å². The minimum atomic E-state index is -3.73. The molecule has 2 heterocycles. The van der Waals surface area contributed by atoms with Crippen LogP contribution in [-0.2, 0) is 10.0 Å². The standard InChI is InChI=1S/C21H24BrN3O3S/c1-24-10-8-17(9-11-24)23-19-14-18(4-6-21(19)28-2)29(26,27)25-12-7-15-13-16(22)3-5-20(15)25/h3-7,12-14,17,23H,8-11H2,1-2H3. The maximum Gasteiger partial charge on any atom is 0.268 e. The molecule has 1 fully saturated rings. The van der Waals surface area contributed by atoms with Gasteiger partial charge in [0.05, 0.1) is 23.2 Å². The molecule has 4 rings (SSSR count). The van der Waals surface area contributed by atoms with E-state index >= 15 is 0 Å². The third-order valence-electron chi connectivity index (χ3n) is 5.42. The molecular formula is C21H24BrN3O3S. The largest absolute Gasteiger partial charge is 0.495 e. The smallest absolute Gasteiger partial charge is 0.268 e. The molecule has 0 saturated carbocycles. The van der Waals surface area contributed by atoms with Gasteiger partial charge < -0.3 is 15.0 Å². The lowest BCUT2D eigenvalue weighted by Crippen LogP contribution is -2.36. The summed E-state index contributed by atoms with van der Waals surface area (Å²) in [5.74, 6) is 0.643. The Kier molecular flexibility index (Phi) is 5.59. The second-order valence-corrected chi connectivity index (χ2v) is 10.1. The van der Waals surface area contributed by atoms with Crippen LogP contribution in [0.2, 0.25) is 0 Å². The van der Waals surface area contributed by atoms with Crippen molar-refractivity contribution in [3.05, 3.63) is 53.1 Å². The van der Waals surface area contributed by atoms with E-state index in [1.165, 1.54) is 3.97 Å². The number of nitrogens with one attached hydrogen (secondary N) is 1. The number of fused-ring (bicyclic) bond motifs is 1. The van der Waals surface area contributed by atoms with Crippen LogP contribution in [-0.4, -0.2) is 50.6 Å². The molecule has 1 N–H and O–H groups in total. The van der Waals surface area contributed by atoms with Gasteiger partial charge >= 0.3 is 0 Å². The third kappa shape index (κ3) is 4.01. The van der Waals surface area contributed by atoms with Crippen molar-refractivity contribution < 1.29 is 13.2 Å². The zero-order valence-electron chi connectivity index (χ0n) is 16.4. The second-order valence-electron chi connectivity index (χ2n) is 7.40. The number of nitrogens with zero attached hydrogens (tertiary/aromatic N) is 2. The zero-order valence-corrected chi connectivity index (χ0v) is 18.8. The number of benzene rings is 2. The van der Waals surface area contributed by atoms with Crippen LogP contribution in [0.3, 0.4) is 0 Å². The number of ether oxygens (including phenoxy) is 1. The number of hydrogen-bond donors (Lipinski definition) is 1. The van der Waals surface area contributed by atoms with Crippen LogP contribution in [0.1, 0.15) is 12.8 Å². The van der Waals surface area contributed by atoms with Crippen LogP contribution in [0.4, 0.5) is 5.69 Å². The van der Waals surface area contributed by atoms with E-state index in [0.29, 0.717) is 23.0 Å². The van der Waals surface area contributed by atoms with Crippen LogP contribution >= 0.6 is 15.9 Å². The summed E-state index contributed by atoms with van der Waals surface area (Å²) < 4.78 is 34.4. The number of hydrogen-bond acceptors (Lipinski definition) is 5. The summed E-state index contributed by atoms with van der Waals surface area (Å²) in [5, 5.41) is 4.35. The summed E-state index contributed by atoms with van der Waals surface area (Å²) in [6.45, 7) is 2.03. The molecule has 0 amide bonds. The Bertz CT molecular complexity index is 1140. The molecule has 3 aromatic rings. The maximum atomic E-state index is 13.4. The van der Waals surface area contributed by atoms with E-state index in [1.807, 2.05) is 12.1 Å². The van der Waals surface area contributed by atoms with E-state index in [9.17, 15) is 8.42 Å². The number of likely N-dealkylation sites (tertiary alicyclic amines) is 1. The van der Waals surface area contributed by atoms with Gasteiger partial charge in [-0.15, -0.1) is 0 Å². The van der Waals surface area contributed by atoms with Gasteiger partial charge in [0.1, 0.15) is 5.75 Å². The maximum absolute atomic E-state index is 13.4. The van der Waals surface area contributed by atoms with Gasteiger partial charge in [0, 0.05) is 22.1 Å². The number of rotatable bonds is 5. The zero-order chi connectivity index (χ0) is 20.6. The molecule has 0 unspecified atom stereocenters. The minimum Gasteiger partial charge on any atom is -0.495 e. The van der Waals surface area contributed by atoms with Crippen molar-refractivity contribution in [2.45, 2.75) is 23.8 Å². The molecular weight excluding hydrogens is 454 g/mol. The van der Waals surface area contributed by atoms with E-state index in [4.69, 9.17) is 4.74 Å². The van der Waals surface area contributed by atoms with E-state index in [2.05, 4.69) is 33.2 Å². The Morgan fingerprint density at radius 3 is 2.59 bits per heavy atom. The van der Waals surface area contributed by atoms with E-state index in [1.54, 1.807) is 43.6 Å². The Hall–Kier alpha value is -2.03. The van der Waals surface area contributed by atoms with Crippen molar-refractivity contribution in [1.29, 1.82) is 0 Å². The molecule has 0 atom stereocenters. The molecule has 1 saturated heterocycles. The predicted octanol–water partition coefficient (Wildman–Crippen LogP) is 4.16. The molecule has 6 nitrogen and oxygen atoms in total. The highest BCUT2D eigenvalue weighted by molar-refractivity contribution is 9.10. The van der Waals surface area contributed by atoms with Gasteiger partial charge in [-0.05, 0) is 75.4 Å². The average Bonchev–Trinajstić information content (AvgIpc) is 3.13. The molecule has 154 valence electrons. The monoisotopic (exact) mass is 477 g/mol. The molecule has 0 radical (unpaired) electrons. The molecule has 2 aromatic carbocycles. The molecule has 0 spiro atoms. The van der Waals surface area contributed by atoms with Crippen molar-refractivity contribution in [1.82, 2.24) is 8.87 Å². The number of halogens is 1. The van der Waals surface area contributed by atoms with Gasteiger partial charge in [-0.1, -0.05) is 15.9 Å². The van der Waals surface area contributed by atoms with Gasteiger partial charge in [-0.2, -0.15) is 0 Å². The molecule has 0 bridgehead atoms. The van der Waals surface area contributed by atoms with Crippen molar-refractivity contribution >= 4 is 42.5 Å².